The van der Waals surface area contributed by atoms with Crippen LogP contribution < -0.4 is 10.1 Å². The first-order valence-corrected chi connectivity index (χ1v) is 6.15. The molecule has 0 saturated heterocycles. The molecular weight excluding hydrogens is 217 g/mol. The van der Waals surface area contributed by atoms with E-state index < -0.39 is 0 Å². The lowest BCUT2D eigenvalue weighted by Crippen LogP contribution is -2.39. The van der Waals surface area contributed by atoms with Crippen molar-refractivity contribution in [2.24, 2.45) is 0 Å². The predicted octanol–water partition coefficient (Wildman–Crippen LogP) is 3.35. The molecule has 1 heterocycles. The average Bonchev–Trinajstić information content (AvgIpc) is 2.19. The zero-order chi connectivity index (χ0) is 12.6. The molecule has 1 atom stereocenters. The number of hydrogen-bond donors (Lipinski definition) is 1. The summed E-state index contributed by atoms with van der Waals surface area (Å²) in [7, 11) is 0. The summed E-state index contributed by atoms with van der Waals surface area (Å²) in [6.07, 6.45) is 0.858. The molecule has 0 amide bonds. The van der Waals surface area contributed by atoms with E-state index in [0.717, 1.165) is 29.8 Å². The number of ether oxygens (including phenoxy) is 1. The Kier molecular flexibility index (Phi) is 3.13. The highest BCUT2D eigenvalue weighted by Crippen LogP contribution is 2.41. The molecule has 1 aliphatic rings. The van der Waals surface area contributed by atoms with Crippen molar-refractivity contribution >= 4 is 0 Å². The monoisotopic (exact) mass is 237 g/mol. The van der Waals surface area contributed by atoms with Crippen LogP contribution in [0.25, 0.3) is 0 Å². The Labute approximate surface area is 102 Å². The summed E-state index contributed by atoms with van der Waals surface area (Å²) in [5, 5.41) is 3.40. The van der Waals surface area contributed by atoms with Crippen LogP contribution in [0, 0.1) is 12.7 Å². The molecule has 0 aliphatic carbocycles. The maximum atomic E-state index is 13.5. The fourth-order valence-electron chi connectivity index (χ4n) is 2.50. The van der Waals surface area contributed by atoms with Crippen molar-refractivity contribution in [3.63, 3.8) is 0 Å². The molecule has 17 heavy (non-hydrogen) atoms. The van der Waals surface area contributed by atoms with Gasteiger partial charge in [0.15, 0.2) is 0 Å². The highest BCUT2D eigenvalue weighted by atomic mass is 19.1. The van der Waals surface area contributed by atoms with Crippen LogP contribution >= 0.6 is 0 Å². The Hall–Kier alpha value is -1.09. The van der Waals surface area contributed by atoms with Gasteiger partial charge in [-0.05, 0) is 45.0 Å². The van der Waals surface area contributed by atoms with Crippen molar-refractivity contribution in [3.8, 4) is 5.75 Å². The van der Waals surface area contributed by atoms with Gasteiger partial charge in [0.2, 0.25) is 0 Å². The Morgan fingerprint density at radius 1 is 1.47 bits per heavy atom. The minimum atomic E-state index is -0.206. The second kappa shape index (κ2) is 4.30. The van der Waals surface area contributed by atoms with E-state index in [0.29, 0.717) is 0 Å². The summed E-state index contributed by atoms with van der Waals surface area (Å²) in [5.41, 5.74) is 1.61. The number of hydrogen-bond acceptors (Lipinski definition) is 2. The number of halogens is 1. The van der Waals surface area contributed by atoms with Crippen LogP contribution in [0.3, 0.4) is 0 Å². The van der Waals surface area contributed by atoms with Crippen LogP contribution in [0.4, 0.5) is 4.39 Å². The lowest BCUT2D eigenvalue weighted by atomic mass is 9.88. The predicted molar refractivity (Wildman–Crippen MR) is 66.9 cm³/mol. The van der Waals surface area contributed by atoms with Gasteiger partial charge < -0.3 is 10.1 Å². The minimum Gasteiger partial charge on any atom is -0.487 e. The Morgan fingerprint density at radius 3 is 2.82 bits per heavy atom. The third-order valence-electron chi connectivity index (χ3n) is 3.17. The van der Waals surface area contributed by atoms with E-state index >= 15 is 0 Å². The largest absolute Gasteiger partial charge is 0.487 e. The number of aryl methyl sites for hydroxylation is 1. The summed E-state index contributed by atoms with van der Waals surface area (Å²) in [6, 6.07) is 3.29. The second-order valence-corrected chi connectivity index (χ2v) is 5.32. The fourth-order valence-corrected chi connectivity index (χ4v) is 2.50. The molecule has 2 nitrogen and oxygen atoms in total. The second-order valence-electron chi connectivity index (χ2n) is 5.32. The van der Waals surface area contributed by atoms with Crippen molar-refractivity contribution in [2.75, 3.05) is 6.54 Å². The van der Waals surface area contributed by atoms with E-state index in [9.17, 15) is 4.39 Å². The van der Waals surface area contributed by atoms with E-state index in [1.807, 2.05) is 6.92 Å². The Morgan fingerprint density at radius 2 is 2.18 bits per heavy atom. The number of nitrogens with one attached hydrogen (secondary N) is 1. The number of fused-ring (bicyclic) bond motifs is 1. The number of rotatable bonds is 2. The van der Waals surface area contributed by atoms with Crippen molar-refractivity contribution in [2.45, 2.75) is 45.8 Å². The van der Waals surface area contributed by atoms with Gasteiger partial charge in [-0.15, -0.1) is 0 Å². The first-order chi connectivity index (χ1) is 7.93. The maximum absolute atomic E-state index is 13.5. The average molecular weight is 237 g/mol. The zero-order valence-electron chi connectivity index (χ0n) is 10.9. The van der Waals surface area contributed by atoms with Gasteiger partial charge >= 0.3 is 0 Å². The quantitative estimate of drug-likeness (QED) is 0.851. The molecule has 1 unspecified atom stereocenters. The Balaban J connectivity index is 2.48. The van der Waals surface area contributed by atoms with Crippen molar-refractivity contribution < 1.29 is 9.13 Å². The Bertz CT molecular complexity index is 428. The molecule has 1 N–H and O–H groups in total. The number of benzene rings is 1. The van der Waals surface area contributed by atoms with E-state index in [4.69, 9.17) is 4.74 Å². The summed E-state index contributed by atoms with van der Waals surface area (Å²) < 4.78 is 19.5. The summed E-state index contributed by atoms with van der Waals surface area (Å²) in [4.78, 5) is 0. The molecule has 1 aromatic rings. The van der Waals surface area contributed by atoms with E-state index in [-0.39, 0.29) is 17.5 Å². The van der Waals surface area contributed by atoms with Crippen LogP contribution in [0.15, 0.2) is 12.1 Å². The zero-order valence-corrected chi connectivity index (χ0v) is 10.9. The normalized spacial score (nSPS) is 21.8. The molecule has 0 fully saturated rings. The molecule has 0 bridgehead atoms. The van der Waals surface area contributed by atoms with Gasteiger partial charge in [0.1, 0.15) is 17.2 Å². The summed E-state index contributed by atoms with van der Waals surface area (Å²) in [6.45, 7) is 8.97. The molecule has 3 heteroatoms. The van der Waals surface area contributed by atoms with Crippen LogP contribution in [0.5, 0.6) is 5.75 Å². The van der Waals surface area contributed by atoms with Gasteiger partial charge in [0.25, 0.3) is 0 Å². The van der Waals surface area contributed by atoms with Crippen LogP contribution in [0.1, 0.15) is 44.4 Å². The van der Waals surface area contributed by atoms with Crippen LogP contribution in [0.2, 0.25) is 0 Å². The highest BCUT2D eigenvalue weighted by molar-refractivity contribution is 5.45. The smallest absolute Gasteiger partial charge is 0.128 e. The van der Waals surface area contributed by atoms with E-state index in [1.165, 1.54) is 6.07 Å². The van der Waals surface area contributed by atoms with Gasteiger partial charge in [-0.3, -0.25) is 0 Å². The first kappa shape index (κ1) is 12.4. The SMILES string of the molecule is CCNC1CC(C)(C)Oc2c(C)cc(F)cc21. The van der Waals surface area contributed by atoms with Gasteiger partial charge in [0.05, 0.1) is 0 Å². The molecule has 0 aromatic heterocycles. The summed E-state index contributed by atoms with van der Waals surface area (Å²) >= 11 is 0. The lowest BCUT2D eigenvalue weighted by molar-refractivity contribution is 0.0652. The molecular formula is C14H20FNO. The van der Waals surface area contributed by atoms with E-state index in [2.05, 4.69) is 26.1 Å². The van der Waals surface area contributed by atoms with Gasteiger partial charge in [-0.1, -0.05) is 6.92 Å². The fraction of sp³-hybridized carbons (Fsp3) is 0.571. The third kappa shape index (κ3) is 2.44. The van der Waals surface area contributed by atoms with Crippen LogP contribution in [-0.4, -0.2) is 12.1 Å². The van der Waals surface area contributed by atoms with Gasteiger partial charge in [0, 0.05) is 18.0 Å². The molecule has 0 spiro atoms. The van der Waals surface area contributed by atoms with Crippen LogP contribution in [-0.2, 0) is 0 Å². The van der Waals surface area contributed by atoms with Gasteiger partial charge in [-0.25, -0.2) is 4.39 Å². The highest BCUT2D eigenvalue weighted by Gasteiger charge is 2.34. The molecule has 1 aliphatic heterocycles. The molecule has 94 valence electrons. The van der Waals surface area contributed by atoms with E-state index in [1.54, 1.807) is 6.07 Å². The lowest BCUT2D eigenvalue weighted by Gasteiger charge is -2.38. The topological polar surface area (TPSA) is 21.3 Å². The van der Waals surface area contributed by atoms with Crippen molar-refractivity contribution in [1.82, 2.24) is 5.32 Å². The molecule has 2 rings (SSSR count). The minimum absolute atomic E-state index is 0.174. The third-order valence-corrected chi connectivity index (χ3v) is 3.17. The molecule has 0 saturated carbocycles. The first-order valence-electron chi connectivity index (χ1n) is 6.15. The molecule has 1 aromatic carbocycles. The van der Waals surface area contributed by atoms with Crippen molar-refractivity contribution in [3.05, 3.63) is 29.1 Å². The molecule has 0 radical (unpaired) electrons. The van der Waals surface area contributed by atoms with Crippen molar-refractivity contribution in [1.29, 1.82) is 0 Å². The standard InChI is InChI=1S/C14H20FNO/c1-5-16-12-8-14(3,4)17-13-9(2)6-10(15)7-11(12)13/h6-7,12,16H,5,8H2,1-4H3. The maximum Gasteiger partial charge on any atom is 0.128 e. The van der Waals surface area contributed by atoms with Gasteiger partial charge in [-0.2, -0.15) is 0 Å². The summed E-state index contributed by atoms with van der Waals surface area (Å²) in [5.74, 6) is 0.654.